The van der Waals surface area contributed by atoms with Crippen LogP contribution in [0.2, 0.25) is 0 Å². The molecule has 2 N–H and O–H groups in total. The first-order valence-corrected chi connectivity index (χ1v) is 12.8. The predicted molar refractivity (Wildman–Crippen MR) is 124 cm³/mol. The number of benzene rings is 1. The Hall–Kier alpha value is -2.85. The van der Waals surface area contributed by atoms with Crippen molar-refractivity contribution in [2.24, 2.45) is 0 Å². The van der Waals surface area contributed by atoms with Crippen LogP contribution < -0.4 is 10.6 Å². The molecular weight excluding hydrogens is 450 g/mol. The van der Waals surface area contributed by atoms with Crippen molar-refractivity contribution in [3.05, 3.63) is 59.5 Å². The van der Waals surface area contributed by atoms with E-state index in [0.29, 0.717) is 29.8 Å². The highest BCUT2D eigenvalue weighted by Gasteiger charge is 2.22. The van der Waals surface area contributed by atoms with Crippen molar-refractivity contribution in [2.45, 2.75) is 38.4 Å². The van der Waals surface area contributed by atoms with Crippen LogP contribution in [0, 0.1) is 11.6 Å². The van der Waals surface area contributed by atoms with Crippen LogP contribution in [0.25, 0.3) is 11.3 Å². The summed E-state index contributed by atoms with van der Waals surface area (Å²) in [5, 5.41) is 6.14. The number of sulfone groups is 1. The zero-order valence-electron chi connectivity index (χ0n) is 18.4. The van der Waals surface area contributed by atoms with E-state index in [0.717, 1.165) is 19.0 Å². The zero-order valence-corrected chi connectivity index (χ0v) is 19.3. The van der Waals surface area contributed by atoms with Crippen LogP contribution in [0.3, 0.4) is 0 Å². The number of halogens is 2. The molecule has 1 aliphatic carbocycles. The molecule has 10 heteroatoms. The molecule has 1 aromatic heterocycles. The predicted octanol–water partition coefficient (Wildman–Crippen LogP) is 4.07. The second-order valence-corrected chi connectivity index (χ2v) is 10.6. The molecule has 2 unspecified atom stereocenters. The number of aromatic nitrogens is 2. The molecule has 33 heavy (non-hydrogen) atoms. The van der Waals surface area contributed by atoms with Crippen LogP contribution >= 0.6 is 0 Å². The normalized spacial score (nSPS) is 21.3. The average Bonchev–Trinajstić information content (AvgIpc) is 2.72. The van der Waals surface area contributed by atoms with Gasteiger partial charge in [-0.05, 0) is 49.6 Å². The number of nitrogens with zero attached hydrogens (tertiary/aromatic N) is 2. The van der Waals surface area contributed by atoms with Crippen molar-refractivity contribution in [1.29, 1.82) is 0 Å². The smallest absolute Gasteiger partial charge is 0.227 e. The maximum Gasteiger partial charge on any atom is 0.227 e. The molecule has 0 spiro atoms. The SMILES string of the molecule is CC1CCCNc2cc(ccc2F)-c2nc(ncc2F)NC2=CC(CS(C)(=O)=O)=CC(C2)O1. The lowest BCUT2D eigenvalue weighted by atomic mass is 10.0. The summed E-state index contributed by atoms with van der Waals surface area (Å²) in [5.41, 5.74) is 2.00. The van der Waals surface area contributed by atoms with Gasteiger partial charge in [0, 0.05) is 30.5 Å². The number of hydrogen-bond donors (Lipinski definition) is 2. The first-order chi connectivity index (χ1) is 15.7. The molecule has 2 aromatic rings. The Balaban J connectivity index is 1.73. The van der Waals surface area contributed by atoms with Crippen LogP contribution in [0.15, 0.2) is 47.8 Å². The first-order valence-electron chi connectivity index (χ1n) is 10.7. The molecule has 4 rings (SSSR count). The van der Waals surface area contributed by atoms with Gasteiger partial charge in [0.25, 0.3) is 0 Å². The first kappa shape index (κ1) is 23.3. The summed E-state index contributed by atoms with van der Waals surface area (Å²) in [4.78, 5) is 8.33. The monoisotopic (exact) mass is 476 g/mol. The van der Waals surface area contributed by atoms with Gasteiger partial charge in [-0.2, -0.15) is 0 Å². The summed E-state index contributed by atoms with van der Waals surface area (Å²) in [5.74, 6) is -1.04. The van der Waals surface area contributed by atoms with Crippen molar-refractivity contribution in [2.75, 3.05) is 29.2 Å². The Labute approximate surface area is 191 Å². The van der Waals surface area contributed by atoms with Crippen molar-refractivity contribution in [3.63, 3.8) is 0 Å². The van der Waals surface area contributed by atoms with E-state index in [2.05, 4.69) is 20.6 Å². The fourth-order valence-corrected chi connectivity index (χ4v) is 4.76. The molecular formula is C23H26F2N4O3S. The van der Waals surface area contributed by atoms with Crippen molar-refractivity contribution in [3.8, 4) is 11.3 Å². The maximum atomic E-state index is 14.6. The number of rotatable bonds is 2. The Morgan fingerprint density at radius 1 is 1.24 bits per heavy atom. The second kappa shape index (κ2) is 9.56. The van der Waals surface area contributed by atoms with Gasteiger partial charge in [-0.25, -0.2) is 27.2 Å². The minimum absolute atomic E-state index is 0.0346. The highest BCUT2D eigenvalue weighted by molar-refractivity contribution is 7.90. The van der Waals surface area contributed by atoms with Gasteiger partial charge in [0.05, 0.1) is 29.8 Å². The number of fused-ring (bicyclic) bond motifs is 7. The third-order valence-corrected chi connectivity index (χ3v) is 6.23. The molecule has 1 aromatic carbocycles. The molecule has 1 aliphatic heterocycles. The third kappa shape index (κ3) is 6.14. The van der Waals surface area contributed by atoms with Crippen LogP contribution in [0.1, 0.15) is 26.2 Å². The maximum absolute atomic E-state index is 14.6. The number of hydrogen-bond acceptors (Lipinski definition) is 7. The lowest BCUT2D eigenvalue weighted by Crippen LogP contribution is -2.25. The van der Waals surface area contributed by atoms with E-state index in [1.165, 1.54) is 24.5 Å². The Kier molecular flexibility index (Phi) is 6.76. The van der Waals surface area contributed by atoms with E-state index in [1.807, 2.05) is 13.0 Å². The van der Waals surface area contributed by atoms with Gasteiger partial charge in [0.2, 0.25) is 5.95 Å². The molecule has 7 nitrogen and oxygen atoms in total. The van der Waals surface area contributed by atoms with E-state index < -0.39 is 21.5 Å². The van der Waals surface area contributed by atoms with E-state index >= 15 is 0 Å². The molecule has 0 amide bonds. The van der Waals surface area contributed by atoms with Crippen LogP contribution in [0.4, 0.5) is 20.4 Å². The average molecular weight is 477 g/mol. The van der Waals surface area contributed by atoms with E-state index in [1.54, 1.807) is 6.08 Å². The zero-order chi connectivity index (χ0) is 23.6. The Bertz CT molecular complexity index is 1210. The van der Waals surface area contributed by atoms with Crippen molar-refractivity contribution in [1.82, 2.24) is 9.97 Å². The highest BCUT2D eigenvalue weighted by Crippen LogP contribution is 2.28. The molecule has 0 radical (unpaired) electrons. The van der Waals surface area contributed by atoms with Crippen LogP contribution in [0.5, 0.6) is 0 Å². The number of ether oxygens (including phenoxy) is 1. The number of allylic oxidation sites excluding steroid dienone is 1. The molecule has 0 saturated carbocycles. The molecule has 0 saturated heterocycles. The molecule has 2 aliphatic rings. The van der Waals surface area contributed by atoms with Crippen molar-refractivity contribution >= 4 is 21.5 Å². The Morgan fingerprint density at radius 3 is 2.85 bits per heavy atom. The summed E-state index contributed by atoms with van der Waals surface area (Å²) in [6, 6.07) is 4.27. The molecule has 2 atom stereocenters. The fourth-order valence-electron chi connectivity index (χ4n) is 3.97. The van der Waals surface area contributed by atoms with Gasteiger partial charge in [0.1, 0.15) is 11.5 Å². The van der Waals surface area contributed by atoms with Gasteiger partial charge in [0.15, 0.2) is 15.7 Å². The lowest BCUT2D eigenvalue weighted by Gasteiger charge is -2.26. The summed E-state index contributed by atoms with van der Waals surface area (Å²) in [6.45, 7) is 2.47. The van der Waals surface area contributed by atoms with Gasteiger partial charge >= 0.3 is 0 Å². The Morgan fingerprint density at radius 2 is 2.06 bits per heavy atom. The van der Waals surface area contributed by atoms with E-state index in [-0.39, 0.29) is 35.3 Å². The molecule has 176 valence electrons. The third-order valence-electron chi connectivity index (χ3n) is 5.38. The molecule has 2 heterocycles. The topological polar surface area (TPSA) is 93.2 Å². The minimum Gasteiger partial charge on any atom is -0.383 e. The minimum atomic E-state index is -3.25. The van der Waals surface area contributed by atoms with Crippen molar-refractivity contribution < 1.29 is 21.9 Å². The summed E-state index contributed by atoms with van der Waals surface area (Å²) < 4.78 is 58.7. The van der Waals surface area contributed by atoms with Crippen LogP contribution in [-0.2, 0) is 14.6 Å². The fraction of sp³-hybridized carbons (Fsp3) is 0.391. The summed E-state index contributed by atoms with van der Waals surface area (Å²) >= 11 is 0. The number of nitrogens with one attached hydrogen (secondary N) is 2. The molecule has 6 bridgehead atoms. The highest BCUT2D eigenvalue weighted by atomic mass is 32.2. The second-order valence-electron chi connectivity index (χ2n) is 8.45. The largest absolute Gasteiger partial charge is 0.383 e. The standard InChI is InChI=1S/C23H26F2N4O3S/c1-14-4-3-7-26-21-10-16(5-6-19(21)24)22-20(25)12-27-23(29-22)28-17-8-15(13-33(2,30)31)9-18(11-17)32-14/h5-6,8-10,12,14,18,26H,3-4,7,11,13H2,1-2H3,(H,27,28,29). The lowest BCUT2D eigenvalue weighted by molar-refractivity contribution is 0.0188. The van der Waals surface area contributed by atoms with Gasteiger partial charge in [-0.3, -0.25) is 0 Å². The van der Waals surface area contributed by atoms with Crippen LogP contribution in [-0.4, -0.2) is 49.1 Å². The van der Waals surface area contributed by atoms with Gasteiger partial charge < -0.3 is 15.4 Å². The quantitative estimate of drug-likeness (QED) is 0.675. The number of anilines is 2. The molecule has 0 fully saturated rings. The summed E-state index contributed by atoms with van der Waals surface area (Å²) in [7, 11) is -3.25. The van der Waals surface area contributed by atoms with E-state index in [9.17, 15) is 17.2 Å². The summed E-state index contributed by atoms with van der Waals surface area (Å²) in [6.07, 6.45) is 7.28. The van der Waals surface area contributed by atoms with Gasteiger partial charge in [-0.1, -0.05) is 6.08 Å². The van der Waals surface area contributed by atoms with Gasteiger partial charge in [-0.15, -0.1) is 0 Å². The van der Waals surface area contributed by atoms with E-state index in [4.69, 9.17) is 4.74 Å².